The van der Waals surface area contributed by atoms with Gasteiger partial charge in [0.15, 0.2) is 0 Å². The molecular formula is C13H16N2O2. The molecular weight excluding hydrogens is 216 g/mol. The van der Waals surface area contributed by atoms with Crippen molar-refractivity contribution < 1.29 is 9.53 Å². The van der Waals surface area contributed by atoms with E-state index in [1.807, 2.05) is 31.2 Å². The maximum Gasteiger partial charge on any atom is 0.314 e. The Morgan fingerprint density at radius 2 is 2.24 bits per heavy atom. The Labute approximate surface area is 99.8 Å². The van der Waals surface area contributed by atoms with E-state index in [1.54, 1.807) is 6.92 Å². The van der Waals surface area contributed by atoms with Crippen LogP contribution in [0.5, 0.6) is 0 Å². The number of aromatic amines is 1. The van der Waals surface area contributed by atoms with E-state index >= 15 is 0 Å². The number of esters is 1. The lowest BCUT2D eigenvalue weighted by Gasteiger charge is -2.07. The summed E-state index contributed by atoms with van der Waals surface area (Å²) in [6.07, 6.45) is 0. The van der Waals surface area contributed by atoms with E-state index in [0.29, 0.717) is 12.3 Å². The van der Waals surface area contributed by atoms with Crippen molar-refractivity contribution in [2.45, 2.75) is 19.8 Å². The Bertz CT molecular complexity index is 545. The van der Waals surface area contributed by atoms with E-state index < -0.39 is 0 Å². The van der Waals surface area contributed by atoms with Gasteiger partial charge in [0, 0.05) is 22.3 Å². The molecule has 0 fully saturated rings. The molecule has 0 saturated carbocycles. The third kappa shape index (κ3) is 2.25. The molecule has 90 valence electrons. The van der Waals surface area contributed by atoms with Crippen LogP contribution in [0.3, 0.4) is 0 Å². The normalized spacial score (nSPS) is 12.6. The summed E-state index contributed by atoms with van der Waals surface area (Å²) in [7, 11) is 0. The number of benzene rings is 1. The number of nitrogens with two attached hydrogens (primary N) is 1. The number of anilines is 1. The number of carbonyl (C=O) groups is 1. The smallest absolute Gasteiger partial charge is 0.314 e. The molecule has 2 rings (SSSR count). The number of nitrogen functional groups attached to an aromatic ring is 1. The molecule has 1 unspecified atom stereocenters. The molecule has 0 saturated heterocycles. The van der Waals surface area contributed by atoms with E-state index in [2.05, 4.69) is 4.98 Å². The van der Waals surface area contributed by atoms with E-state index in [1.165, 1.54) is 0 Å². The van der Waals surface area contributed by atoms with Crippen LogP contribution in [0.1, 0.15) is 25.5 Å². The van der Waals surface area contributed by atoms with Gasteiger partial charge >= 0.3 is 5.97 Å². The van der Waals surface area contributed by atoms with Crippen molar-refractivity contribution >= 4 is 22.6 Å². The first-order valence-corrected chi connectivity index (χ1v) is 5.66. The van der Waals surface area contributed by atoms with Crippen molar-refractivity contribution in [1.82, 2.24) is 4.98 Å². The van der Waals surface area contributed by atoms with E-state index in [-0.39, 0.29) is 11.9 Å². The monoisotopic (exact) mass is 232 g/mol. The second-order valence-electron chi connectivity index (χ2n) is 4.05. The number of carbonyl (C=O) groups excluding carboxylic acids is 1. The molecule has 1 atom stereocenters. The van der Waals surface area contributed by atoms with Crippen molar-refractivity contribution in [3.8, 4) is 0 Å². The standard InChI is InChI=1S/C13H16N2O2/c1-3-17-13(16)8(2)12-7-9-6-10(14)4-5-11(9)15-12/h4-8,15H,3,14H2,1-2H3. The number of ether oxygens (including phenoxy) is 1. The molecule has 0 bridgehead atoms. The summed E-state index contributed by atoms with van der Waals surface area (Å²) in [5.74, 6) is -0.504. The minimum absolute atomic E-state index is 0.216. The van der Waals surface area contributed by atoms with Crippen LogP contribution < -0.4 is 5.73 Å². The fourth-order valence-corrected chi connectivity index (χ4v) is 1.80. The van der Waals surface area contributed by atoms with Crippen molar-refractivity contribution in [3.05, 3.63) is 30.0 Å². The number of fused-ring (bicyclic) bond motifs is 1. The van der Waals surface area contributed by atoms with Crippen LogP contribution in [-0.2, 0) is 9.53 Å². The Kier molecular flexibility index (Phi) is 3.04. The zero-order chi connectivity index (χ0) is 12.4. The van der Waals surface area contributed by atoms with Gasteiger partial charge in [0.2, 0.25) is 0 Å². The van der Waals surface area contributed by atoms with Gasteiger partial charge in [0.1, 0.15) is 0 Å². The Morgan fingerprint density at radius 1 is 1.47 bits per heavy atom. The quantitative estimate of drug-likeness (QED) is 0.630. The molecule has 1 aromatic heterocycles. The summed E-state index contributed by atoms with van der Waals surface area (Å²) in [5, 5.41) is 1.01. The summed E-state index contributed by atoms with van der Waals surface area (Å²) in [6, 6.07) is 7.56. The number of H-pyrrole nitrogens is 1. The lowest BCUT2D eigenvalue weighted by molar-refractivity contribution is -0.144. The predicted molar refractivity (Wildman–Crippen MR) is 67.8 cm³/mol. The molecule has 2 aromatic rings. The molecule has 4 heteroatoms. The van der Waals surface area contributed by atoms with Gasteiger partial charge in [-0.2, -0.15) is 0 Å². The molecule has 0 radical (unpaired) electrons. The van der Waals surface area contributed by atoms with Gasteiger partial charge in [-0.05, 0) is 38.1 Å². The Balaban J connectivity index is 2.33. The van der Waals surface area contributed by atoms with Crippen LogP contribution >= 0.6 is 0 Å². The summed E-state index contributed by atoms with van der Waals surface area (Å²) in [6.45, 7) is 4.03. The second-order valence-corrected chi connectivity index (χ2v) is 4.05. The minimum atomic E-state index is -0.288. The third-order valence-electron chi connectivity index (χ3n) is 2.77. The zero-order valence-corrected chi connectivity index (χ0v) is 9.99. The topological polar surface area (TPSA) is 68.1 Å². The van der Waals surface area contributed by atoms with Crippen LogP contribution in [0.25, 0.3) is 10.9 Å². The lowest BCUT2D eigenvalue weighted by atomic mass is 10.1. The molecule has 0 aliphatic heterocycles. The average Bonchev–Trinajstić information content (AvgIpc) is 2.71. The van der Waals surface area contributed by atoms with Gasteiger partial charge in [-0.15, -0.1) is 0 Å². The number of nitrogens with one attached hydrogen (secondary N) is 1. The maximum absolute atomic E-state index is 11.6. The van der Waals surface area contributed by atoms with Crippen LogP contribution in [0.15, 0.2) is 24.3 Å². The molecule has 4 nitrogen and oxygen atoms in total. The maximum atomic E-state index is 11.6. The first-order chi connectivity index (χ1) is 8.11. The zero-order valence-electron chi connectivity index (χ0n) is 9.99. The van der Waals surface area contributed by atoms with E-state index in [9.17, 15) is 4.79 Å². The molecule has 1 heterocycles. The highest BCUT2D eigenvalue weighted by Crippen LogP contribution is 2.23. The SMILES string of the molecule is CCOC(=O)C(C)c1cc2cc(N)ccc2[nH]1. The van der Waals surface area contributed by atoms with Gasteiger partial charge in [-0.25, -0.2) is 0 Å². The molecule has 3 N–H and O–H groups in total. The predicted octanol–water partition coefficient (Wildman–Crippen LogP) is 2.42. The van der Waals surface area contributed by atoms with Crippen molar-refractivity contribution in [1.29, 1.82) is 0 Å². The Morgan fingerprint density at radius 3 is 2.94 bits per heavy atom. The molecule has 0 spiro atoms. The summed E-state index contributed by atoms with van der Waals surface area (Å²) < 4.78 is 4.99. The van der Waals surface area contributed by atoms with Gasteiger partial charge in [0.25, 0.3) is 0 Å². The van der Waals surface area contributed by atoms with Gasteiger partial charge < -0.3 is 15.5 Å². The highest BCUT2D eigenvalue weighted by atomic mass is 16.5. The first-order valence-electron chi connectivity index (χ1n) is 5.66. The number of hydrogen-bond acceptors (Lipinski definition) is 3. The van der Waals surface area contributed by atoms with Gasteiger partial charge in [0.05, 0.1) is 12.5 Å². The van der Waals surface area contributed by atoms with E-state index in [0.717, 1.165) is 16.6 Å². The summed E-state index contributed by atoms with van der Waals surface area (Å²) in [4.78, 5) is 14.8. The second kappa shape index (κ2) is 4.49. The van der Waals surface area contributed by atoms with Crippen LogP contribution in [-0.4, -0.2) is 17.6 Å². The molecule has 17 heavy (non-hydrogen) atoms. The van der Waals surface area contributed by atoms with Crippen molar-refractivity contribution in [2.75, 3.05) is 12.3 Å². The largest absolute Gasteiger partial charge is 0.465 e. The van der Waals surface area contributed by atoms with Crippen molar-refractivity contribution in [2.24, 2.45) is 0 Å². The van der Waals surface area contributed by atoms with Gasteiger partial charge in [-0.3, -0.25) is 4.79 Å². The summed E-state index contributed by atoms with van der Waals surface area (Å²) in [5.41, 5.74) is 8.25. The highest BCUT2D eigenvalue weighted by molar-refractivity contribution is 5.86. The van der Waals surface area contributed by atoms with Crippen molar-refractivity contribution in [3.63, 3.8) is 0 Å². The molecule has 0 aliphatic rings. The average molecular weight is 232 g/mol. The highest BCUT2D eigenvalue weighted by Gasteiger charge is 2.18. The van der Waals surface area contributed by atoms with Crippen LogP contribution in [0.2, 0.25) is 0 Å². The first kappa shape index (κ1) is 11.5. The summed E-state index contributed by atoms with van der Waals surface area (Å²) >= 11 is 0. The molecule has 0 amide bonds. The molecule has 1 aromatic carbocycles. The van der Waals surface area contributed by atoms with Gasteiger partial charge in [-0.1, -0.05) is 0 Å². The fourth-order valence-electron chi connectivity index (χ4n) is 1.80. The minimum Gasteiger partial charge on any atom is -0.465 e. The molecule has 0 aliphatic carbocycles. The fraction of sp³-hybridized carbons (Fsp3) is 0.308. The number of hydrogen-bond donors (Lipinski definition) is 2. The lowest BCUT2D eigenvalue weighted by Crippen LogP contribution is -2.13. The number of aromatic nitrogens is 1. The van der Waals surface area contributed by atoms with E-state index in [4.69, 9.17) is 10.5 Å². The van der Waals surface area contributed by atoms with Crippen LogP contribution in [0.4, 0.5) is 5.69 Å². The third-order valence-corrected chi connectivity index (χ3v) is 2.77. The number of rotatable bonds is 3. The Hall–Kier alpha value is -1.97. The van der Waals surface area contributed by atoms with Crippen LogP contribution in [0, 0.1) is 0 Å².